The number of hydrogen-bond donors (Lipinski definition) is 2. The number of halogens is 5. The third-order valence-electron chi connectivity index (χ3n) is 7.12. The van der Waals surface area contributed by atoms with Crippen molar-refractivity contribution in [3.8, 4) is 0 Å². The first-order valence-electron chi connectivity index (χ1n) is 13.4. The van der Waals surface area contributed by atoms with Gasteiger partial charge in [-0.1, -0.05) is 25.1 Å². The molecule has 1 fully saturated rings. The van der Waals surface area contributed by atoms with Crippen LogP contribution in [0.2, 0.25) is 0 Å². The molecule has 0 unspecified atom stereocenters. The van der Waals surface area contributed by atoms with E-state index in [1.54, 1.807) is 31.2 Å². The van der Waals surface area contributed by atoms with Gasteiger partial charge in [0.05, 0.1) is 30.6 Å². The first-order chi connectivity index (χ1) is 20.9. The maximum absolute atomic E-state index is 14.8. The van der Waals surface area contributed by atoms with E-state index in [-0.39, 0.29) is 41.8 Å². The van der Waals surface area contributed by atoms with E-state index in [0.717, 1.165) is 24.3 Å². The molecule has 0 radical (unpaired) electrons. The van der Waals surface area contributed by atoms with Gasteiger partial charge in [0.25, 0.3) is 5.91 Å². The highest BCUT2D eigenvalue weighted by molar-refractivity contribution is 8.00. The van der Waals surface area contributed by atoms with Gasteiger partial charge in [0.2, 0.25) is 0 Å². The SMILES string of the molecule is C[C@@H](SC1COC(c2ccc(C(=O)Nc3ccc(C(F)(F)F)cc3)cc2)OC1)[C@](O)(Cn1cncn1)c1ccc(F)cc1F. The maximum atomic E-state index is 14.8. The van der Waals surface area contributed by atoms with Crippen molar-refractivity contribution in [1.82, 2.24) is 14.8 Å². The summed E-state index contributed by atoms with van der Waals surface area (Å²) in [5, 5.41) is 17.5. The van der Waals surface area contributed by atoms with Gasteiger partial charge < -0.3 is 19.9 Å². The van der Waals surface area contributed by atoms with Crippen molar-refractivity contribution in [2.24, 2.45) is 0 Å². The lowest BCUT2D eigenvalue weighted by atomic mass is 9.90. The molecule has 2 heterocycles. The van der Waals surface area contributed by atoms with Gasteiger partial charge in [-0.25, -0.2) is 18.4 Å². The van der Waals surface area contributed by atoms with Crippen LogP contribution in [0.5, 0.6) is 0 Å². The molecule has 2 atom stereocenters. The Bertz CT molecular complexity index is 1560. The minimum atomic E-state index is -4.47. The number of hydrogen-bond acceptors (Lipinski definition) is 7. The number of rotatable bonds is 9. The van der Waals surface area contributed by atoms with Gasteiger partial charge in [-0.2, -0.15) is 18.3 Å². The van der Waals surface area contributed by atoms with E-state index >= 15 is 0 Å². The number of ether oxygens (including phenoxy) is 2. The standard InChI is InChI=1S/C30H27F5N4O4S/c1-18(29(41,15-39-17-36-16-37-39)25-11-8-22(31)12-26(25)32)44-24-13-42-28(43-14-24)20-4-2-19(3-5-20)27(40)38-23-9-6-21(7-10-23)30(33,34)35/h2-12,16-18,24,28,41H,13-15H2,1H3,(H,38,40)/t18-,24?,28?,29-/m1/s1. The molecule has 1 amide bonds. The number of anilines is 1. The highest BCUT2D eigenvalue weighted by Gasteiger charge is 2.41. The predicted molar refractivity (Wildman–Crippen MR) is 152 cm³/mol. The second-order valence-corrected chi connectivity index (χ2v) is 11.8. The Balaban J connectivity index is 1.18. The first-order valence-corrected chi connectivity index (χ1v) is 14.3. The van der Waals surface area contributed by atoms with E-state index in [1.165, 1.54) is 47.3 Å². The number of carbonyl (C=O) groups is 1. The number of amides is 1. The Morgan fingerprint density at radius 3 is 2.34 bits per heavy atom. The van der Waals surface area contributed by atoms with Crippen LogP contribution in [0.4, 0.5) is 27.6 Å². The van der Waals surface area contributed by atoms with Gasteiger partial charge in [0.1, 0.15) is 29.9 Å². The van der Waals surface area contributed by atoms with Crippen LogP contribution in [-0.2, 0) is 27.8 Å². The molecule has 8 nitrogen and oxygen atoms in total. The molecule has 232 valence electrons. The molecule has 14 heteroatoms. The van der Waals surface area contributed by atoms with Crippen LogP contribution in [0.25, 0.3) is 0 Å². The van der Waals surface area contributed by atoms with E-state index < -0.39 is 46.4 Å². The number of aliphatic hydroxyl groups is 1. The molecule has 3 aromatic carbocycles. The van der Waals surface area contributed by atoms with Crippen LogP contribution in [0.1, 0.15) is 40.3 Å². The summed E-state index contributed by atoms with van der Waals surface area (Å²) in [5.74, 6) is -2.14. The Kier molecular flexibility index (Phi) is 9.34. The summed E-state index contributed by atoms with van der Waals surface area (Å²) in [6, 6.07) is 13.6. The molecule has 2 N–H and O–H groups in total. The van der Waals surface area contributed by atoms with Gasteiger partial charge in [0.15, 0.2) is 6.29 Å². The Morgan fingerprint density at radius 2 is 1.75 bits per heavy atom. The smallest absolute Gasteiger partial charge is 0.382 e. The summed E-state index contributed by atoms with van der Waals surface area (Å²) in [7, 11) is 0. The Hall–Kier alpha value is -3.85. The molecule has 1 aliphatic rings. The summed E-state index contributed by atoms with van der Waals surface area (Å²) < 4.78 is 79.9. The maximum Gasteiger partial charge on any atom is 0.416 e. The van der Waals surface area contributed by atoms with Crippen LogP contribution in [0, 0.1) is 11.6 Å². The number of nitrogens with one attached hydrogen (secondary N) is 1. The van der Waals surface area contributed by atoms with E-state index in [1.807, 2.05) is 0 Å². The number of aromatic nitrogens is 3. The predicted octanol–water partition coefficient (Wildman–Crippen LogP) is 5.95. The fourth-order valence-electron chi connectivity index (χ4n) is 4.73. The van der Waals surface area contributed by atoms with Crippen LogP contribution >= 0.6 is 11.8 Å². The Morgan fingerprint density at radius 1 is 1.07 bits per heavy atom. The number of nitrogens with zero attached hydrogens (tertiary/aromatic N) is 3. The average molecular weight is 635 g/mol. The third-order valence-corrected chi connectivity index (χ3v) is 8.57. The number of benzene rings is 3. The van der Waals surface area contributed by atoms with Crippen molar-refractivity contribution in [1.29, 1.82) is 0 Å². The zero-order valence-corrected chi connectivity index (χ0v) is 24.0. The second-order valence-electron chi connectivity index (χ2n) is 10.2. The molecular weight excluding hydrogens is 607 g/mol. The fraction of sp³-hybridized carbons (Fsp3) is 0.300. The Labute approximate surface area is 253 Å². The summed E-state index contributed by atoms with van der Waals surface area (Å²) in [6.07, 6.45) is -2.51. The second kappa shape index (κ2) is 13.0. The molecule has 0 saturated carbocycles. The fourth-order valence-corrected chi connectivity index (χ4v) is 6.05. The van der Waals surface area contributed by atoms with Crippen LogP contribution in [0.3, 0.4) is 0 Å². The molecule has 0 spiro atoms. The van der Waals surface area contributed by atoms with E-state index in [0.29, 0.717) is 5.56 Å². The number of alkyl halides is 3. The minimum absolute atomic E-state index is 0.0765. The van der Waals surface area contributed by atoms with Crippen LogP contribution in [0.15, 0.2) is 79.4 Å². The minimum Gasteiger partial charge on any atom is -0.382 e. The molecule has 1 saturated heterocycles. The normalized spacial score (nSPS) is 19.2. The lowest BCUT2D eigenvalue weighted by Gasteiger charge is -2.37. The zero-order chi connectivity index (χ0) is 31.5. The van der Waals surface area contributed by atoms with Crippen LogP contribution in [-0.4, -0.2) is 49.5 Å². The van der Waals surface area contributed by atoms with Gasteiger partial charge in [-0.15, -0.1) is 11.8 Å². The van der Waals surface area contributed by atoms with Gasteiger partial charge >= 0.3 is 6.18 Å². The van der Waals surface area contributed by atoms with Crippen molar-refractivity contribution in [2.45, 2.75) is 42.0 Å². The molecular formula is C30H27F5N4O4S. The van der Waals surface area contributed by atoms with Gasteiger partial charge in [0, 0.05) is 33.7 Å². The first kappa shape index (κ1) is 31.6. The molecule has 1 aromatic heterocycles. The quantitative estimate of drug-likeness (QED) is 0.220. The van der Waals surface area contributed by atoms with Crippen molar-refractivity contribution < 1.29 is 41.3 Å². The van der Waals surface area contributed by atoms with Crippen LogP contribution < -0.4 is 5.32 Å². The van der Waals surface area contributed by atoms with Gasteiger partial charge in [-0.05, 0) is 42.5 Å². The zero-order valence-electron chi connectivity index (χ0n) is 23.2. The largest absolute Gasteiger partial charge is 0.416 e. The molecule has 5 rings (SSSR count). The van der Waals surface area contributed by atoms with E-state index in [2.05, 4.69) is 15.4 Å². The molecule has 0 aliphatic carbocycles. The average Bonchev–Trinajstić information content (AvgIpc) is 3.50. The highest BCUT2D eigenvalue weighted by atomic mass is 32.2. The monoisotopic (exact) mass is 634 g/mol. The summed E-state index contributed by atoms with van der Waals surface area (Å²) in [6.45, 7) is 2.08. The van der Waals surface area contributed by atoms with Crippen molar-refractivity contribution in [2.75, 3.05) is 18.5 Å². The number of thioether (sulfide) groups is 1. The van der Waals surface area contributed by atoms with E-state index in [9.17, 15) is 31.9 Å². The summed E-state index contributed by atoms with van der Waals surface area (Å²) in [5.41, 5.74) is -1.52. The van der Waals surface area contributed by atoms with Crippen molar-refractivity contribution in [3.63, 3.8) is 0 Å². The topological polar surface area (TPSA) is 98.5 Å². The van der Waals surface area contributed by atoms with Crippen molar-refractivity contribution in [3.05, 3.63) is 113 Å². The van der Waals surface area contributed by atoms with Gasteiger partial charge in [-0.3, -0.25) is 4.79 Å². The summed E-state index contributed by atoms with van der Waals surface area (Å²) >= 11 is 1.33. The molecule has 4 aromatic rings. The third kappa shape index (κ3) is 7.26. The molecule has 1 aliphatic heterocycles. The lowest BCUT2D eigenvalue weighted by molar-refractivity contribution is -0.180. The van der Waals surface area contributed by atoms with E-state index in [4.69, 9.17) is 9.47 Å². The van der Waals surface area contributed by atoms with Crippen molar-refractivity contribution >= 4 is 23.4 Å². The lowest BCUT2D eigenvalue weighted by Crippen LogP contribution is -2.43. The summed E-state index contributed by atoms with van der Waals surface area (Å²) in [4.78, 5) is 16.5. The number of carbonyl (C=O) groups excluding carboxylic acids is 1. The molecule has 44 heavy (non-hydrogen) atoms. The highest BCUT2D eigenvalue weighted by Crippen LogP contribution is 2.39. The molecule has 0 bridgehead atoms.